The predicted octanol–water partition coefficient (Wildman–Crippen LogP) is 3.69. The average molecular weight is 270 g/mol. The van der Waals surface area contributed by atoms with E-state index in [2.05, 4.69) is 0 Å². The highest BCUT2D eigenvalue weighted by atomic mass is 19.1. The number of carbonyl (C=O) groups is 1. The van der Waals surface area contributed by atoms with E-state index in [9.17, 15) is 9.18 Å². The van der Waals surface area contributed by atoms with Gasteiger partial charge in [-0.3, -0.25) is 4.79 Å². The summed E-state index contributed by atoms with van der Waals surface area (Å²) in [6.45, 7) is 2.30. The van der Waals surface area contributed by atoms with Crippen LogP contribution >= 0.6 is 0 Å². The van der Waals surface area contributed by atoms with E-state index in [1.807, 2.05) is 12.1 Å². The number of hydrogen-bond donors (Lipinski definition) is 0. The zero-order chi connectivity index (χ0) is 14.1. The van der Waals surface area contributed by atoms with E-state index >= 15 is 0 Å². The van der Waals surface area contributed by atoms with Gasteiger partial charge in [-0.2, -0.15) is 0 Å². The van der Waals surface area contributed by atoms with Crippen LogP contribution in [0.5, 0.6) is 5.75 Å². The van der Waals surface area contributed by atoms with Gasteiger partial charge in [0.05, 0.1) is 12.2 Å². The predicted molar refractivity (Wildman–Crippen MR) is 74.8 cm³/mol. The van der Waals surface area contributed by atoms with Gasteiger partial charge in [0, 0.05) is 5.56 Å². The quantitative estimate of drug-likeness (QED) is 0.778. The number of ether oxygens (including phenoxy) is 1. The molecule has 20 heavy (non-hydrogen) atoms. The van der Waals surface area contributed by atoms with Gasteiger partial charge in [0.1, 0.15) is 11.6 Å². The van der Waals surface area contributed by atoms with Gasteiger partial charge >= 0.3 is 0 Å². The molecule has 0 fully saturated rings. The van der Waals surface area contributed by atoms with Crippen molar-refractivity contribution < 1.29 is 13.9 Å². The van der Waals surface area contributed by atoms with Crippen molar-refractivity contribution in [2.45, 2.75) is 19.8 Å². The smallest absolute Gasteiger partial charge is 0.196 e. The molecule has 0 bridgehead atoms. The van der Waals surface area contributed by atoms with Crippen LogP contribution in [0.25, 0.3) is 0 Å². The van der Waals surface area contributed by atoms with Gasteiger partial charge in [0.15, 0.2) is 5.78 Å². The standard InChI is InChI=1S/C17H15FO2/c1-11-7-8-13(10-15(11)18)16(19)14-6-2-4-12-5-3-9-20-17(12)14/h2,4,6-8,10H,3,5,9H2,1H3. The molecular weight excluding hydrogens is 255 g/mol. The van der Waals surface area contributed by atoms with E-state index in [1.165, 1.54) is 6.07 Å². The number of hydrogen-bond acceptors (Lipinski definition) is 2. The maximum Gasteiger partial charge on any atom is 0.196 e. The molecule has 0 saturated heterocycles. The van der Waals surface area contributed by atoms with Crippen LogP contribution in [0.2, 0.25) is 0 Å². The molecule has 0 spiro atoms. The van der Waals surface area contributed by atoms with Crippen molar-refractivity contribution in [1.29, 1.82) is 0 Å². The summed E-state index contributed by atoms with van der Waals surface area (Å²) in [6, 6.07) is 10.1. The molecule has 0 aromatic heterocycles. The Kier molecular flexibility index (Phi) is 3.26. The fourth-order valence-corrected chi connectivity index (χ4v) is 2.46. The van der Waals surface area contributed by atoms with Crippen LogP contribution in [0.1, 0.15) is 33.5 Å². The Balaban J connectivity index is 2.04. The van der Waals surface area contributed by atoms with Crippen molar-refractivity contribution in [3.05, 3.63) is 64.5 Å². The molecule has 3 heteroatoms. The van der Waals surface area contributed by atoms with Crippen LogP contribution in [-0.4, -0.2) is 12.4 Å². The first-order chi connectivity index (χ1) is 9.66. The van der Waals surface area contributed by atoms with Crippen LogP contribution in [0.4, 0.5) is 4.39 Å². The molecule has 102 valence electrons. The molecule has 0 N–H and O–H groups in total. The lowest BCUT2D eigenvalue weighted by Gasteiger charge is -2.19. The summed E-state index contributed by atoms with van der Waals surface area (Å²) in [5.74, 6) is 0.106. The lowest BCUT2D eigenvalue weighted by molar-refractivity contribution is 0.103. The Hall–Kier alpha value is -2.16. The van der Waals surface area contributed by atoms with E-state index in [4.69, 9.17) is 4.74 Å². The monoisotopic (exact) mass is 270 g/mol. The Bertz CT molecular complexity index is 677. The van der Waals surface area contributed by atoms with Crippen LogP contribution < -0.4 is 4.74 Å². The molecule has 0 aliphatic carbocycles. The lowest BCUT2D eigenvalue weighted by atomic mass is 9.96. The molecular formula is C17H15FO2. The first-order valence-corrected chi connectivity index (χ1v) is 6.72. The van der Waals surface area contributed by atoms with Crippen LogP contribution in [0, 0.1) is 12.7 Å². The van der Waals surface area contributed by atoms with Crippen LogP contribution in [-0.2, 0) is 6.42 Å². The van der Waals surface area contributed by atoms with Crippen molar-refractivity contribution in [1.82, 2.24) is 0 Å². The number of halogens is 1. The number of rotatable bonds is 2. The van der Waals surface area contributed by atoms with Gasteiger partial charge in [0.25, 0.3) is 0 Å². The maximum absolute atomic E-state index is 13.6. The third kappa shape index (κ3) is 2.20. The molecule has 2 nitrogen and oxygen atoms in total. The van der Waals surface area contributed by atoms with Gasteiger partial charge in [-0.25, -0.2) is 4.39 Å². The second kappa shape index (κ2) is 5.08. The van der Waals surface area contributed by atoms with E-state index in [-0.39, 0.29) is 11.6 Å². The Labute approximate surface area is 117 Å². The number of benzene rings is 2. The summed E-state index contributed by atoms with van der Waals surface area (Å²) < 4.78 is 19.2. The molecule has 0 atom stereocenters. The van der Waals surface area contributed by atoms with E-state index < -0.39 is 0 Å². The summed E-state index contributed by atoms with van der Waals surface area (Å²) in [4.78, 5) is 12.5. The van der Waals surface area contributed by atoms with Crippen molar-refractivity contribution in [2.75, 3.05) is 6.61 Å². The van der Waals surface area contributed by atoms with Gasteiger partial charge in [-0.15, -0.1) is 0 Å². The molecule has 0 amide bonds. The van der Waals surface area contributed by atoms with Crippen LogP contribution in [0.3, 0.4) is 0 Å². The highest BCUT2D eigenvalue weighted by Crippen LogP contribution is 2.30. The van der Waals surface area contributed by atoms with Crippen molar-refractivity contribution in [2.24, 2.45) is 0 Å². The summed E-state index contributed by atoms with van der Waals surface area (Å²) >= 11 is 0. The summed E-state index contributed by atoms with van der Waals surface area (Å²) in [5, 5.41) is 0. The molecule has 0 saturated carbocycles. The molecule has 3 rings (SSSR count). The largest absolute Gasteiger partial charge is 0.493 e. The third-order valence-electron chi connectivity index (χ3n) is 3.61. The third-order valence-corrected chi connectivity index (χ3v) is 3.61. The summed E-state index contributed by atoms with van der Waals surface area (Å²) in [5.41, 5.74) is 2.46. The maximum atomic E-state index is 13.6. The average Bonchev–Trinajstić information content (AvgIpc) is 2.49. The lowest BCUT2D eigenvalue weighted by Crippen LogP contribution is -2.13. The second-order valence-electron chi connectivity index (χ2n) is 5.04. The minimum Gasteiger partial charge on any atom is -0.493 e. The van der Waals surface area contributed by atoms with Gasteiger partial charge in [0.2, 0.25) is 0 Å². The van der Waals surface area contributed by atoms with Gasteiger partial charge in [-0.1, -0.05) is 24.3 Å². The minimum atomic E-state index is -0.360. The Morgan fingerprint density at radius 3 is 2.90 bits per heavy atom. The Morgan fingerprint density at radius 1 is 1.25 bits per heavy atom. The zero-order valence-electron chi connectivity index (χ0n) is 11.3. The topological polar surface area (TPSA) is 26.3 Å². The number of fused-ring (bicyclic) bond motifs is 1. The number of para-hydroxylation sites is 1. The summed E-state index contributed by atoms with van der Waals surface area (Å²) in [7, 11) is 0. The van der Waals surface area contributed by atoms with Gasteiger partial charge < -0.3 is 4.74 Å². The SMILES string of the molecule is Cc1ccc(C(=O)c2cccc3c2OCCC3)cc1F. The first-order valence-electron chi connectivity index (χ1n) is 6.72. The van der Waals surface area contributed by atoms with Gasteiger partial charge in [-0.05, 0) is 43.0 Å². The number of aryl methyl sites for hydroxylation is 2. The highest BCUT2D eigenvalue weighted by Gasteiger charge is 2.20. The fourth-order valence-electron chi connectivity index (χ4n) is 2.46. The van der Waals surface area contributed by atoms with Crippen LogP contribution in [0.15, 0.2) is 36.4 Å². The van der Waals surface area contributed by atoms with Crippen molar-refractivity contribution in [3.8, 4) is 5.75 Å². The molecule has 2 aromatic carbocycles. The molecule has 2 aromatic rings. The summed E-state index contributed by atoms with van der Waals surface area (Å²) in [6.07, 6.45) is 1.88. The Morgan fingerprint density at radius 2 is 2.10 bits per heavy atom. The number of carbonyl (C=O) groups excluding carboxylic acids is 1. The number of ketones is 1. The normalized spacial score (nSPS) is 13.5. The first kappa shape index (κ1) is 12.9. The van der Waals surface area contributed by atoms with Crippen molar-refractivity contribution in [3.63, 3.8) is 0 Å². The molecule has 1 aliphatic heterocycles. The van der Waals surface area contributed by atoms with E-state index in [0.717, 1.165) is 18.4 Å². The van der Waals surface area contributed by atoms with E-state index in [0.29, 0.717) is 29.0 Å². The fraction of sp³-hybridized carbons (Fsp3) is 0.235. The molecule has 1 aliphatic rings. The second-order valence-corrected chi connectivity index (χ2v) is 5.04. The van der Waals surface area contributed by atoms with Crippen molar-refractivity contribution >= 4 is 5.78 Å². The molecule has 1 heterocycles. The highest BCUT2D eigenvalue weighted by molar-refractivity contribution is 6.11. The van der Waals surface area contributed by atoms with E-state index in [1.54, 1.807) is 25.1 Å². The minimum absolute atomic E-state index is 0.192. The zero-order valence-corrected chi connectivity index (χ0v) is 11.3. The molecule has 0 radical (unpaired) electrons. The molecule has 0 unspecified atom stereocenters.